The van der Waals surface area contributed by atoms with Gasteiger partial charge >= 0.3 is 0 Å². The third kappa shape index (κ3) is 2.10. The lowest BCUT2D eigenvalue weighted by molar-refractivity contribution is -0.0883. The topological polar surface area (TPSA) is 44.3 Å². The zero-order chi connectivity index (χ0) is 17.1. The molecule has 3 heteroatoms. The fourth-order valence-corrected chi connectivity index (χ4v) is 7.07. The number of rotatable bonds is 2. The molecule has 0 radical (unpaired) electrons. The summed E-state index contributed by atoms with van der Waals surface area (Å²) in [4.78, 5) is 0. The highest BCUT2D eigenvalue weighted by atomic mass is 16.3. The Morgan fingerprint density at radius 2 is 1.96 bits per heavy atom. The molecule has 0 aromatic rings. The van der Waals surface area contributed by atoms with Gasteiger partial charge in [0.2, 0.25) is 0 Å². The van der Waals surface area contributed by atoms with E-state index in [2.05, 4.69) is 56.8 Å². The van der Waals surface area contributed by atoms with Gasteiger partial charge < -0.3 is 15.7 Å². The highest BCUT2D eigenvalue weighted by molar-refractivity contribution is 5.26. The van der Waals surface area contributed by atoms with Gasteiger partial charge in [-0.25, -0.2) is 0 Å². The molecule has 134 valence electrons. The van der Waals surface area contributed by atoms with E-state index < -0.39 is 0 Å². The van der Waals surface area contributed by atoms with Crippen LogP contribution in [0.25, 0.3) is 0 Å². The zero-order valence-corrected chi connectivity index (χ0v) is 15.7. The number of hydrogen-bond acceptors (Lipinski definition) is 3. The summed E-state index contributed by atoms with van der Waals surface area (Å²) < 4.78 is 0. The summed E-state index contributed by atoms with van der Waals surface area (Å²) in [6.45, 7) is 4.97. The van der Waals surface area contributed by atoms with E-state index in [4.69, 9.17) is 0 Å². The van der Waals surface area contributed by atoms with Crippen LogP contribution >= 0.6 is 0 Å². The van der Waals surface area contributed by atoms with Crippen molar-refractivity contribution in [1.29, 1.82) is 0 Å². The monoisotopic (exact) mass is 330 g/mol. The molecule has 3 nitrogen and oxygen atoms in total. The second-order valence-corrected chi connectivity index (χ2v) is 9.21. The second kappa shape index (κ2) is 5.60. The highest BCUT2D eigenvalue weighted by Crippen LogP contribution is 2.64. The molecule has 0 bridgehead atoms. The van der Waals surface area contributed by atoms with Crippen LogP contribution in [0.2, 0.25) is 0 Å². The number of fused-ring (bicyclic) bond motifs is 5. The molecule has 0 spiro atoms. The molecule has 0 unspecified atom stereocenters. The smallest absolute Gasteiger partial charge is 0.0724 e. The summed E-state index contributed by atoms with van der Waals surface area (Å²) >= 11 is 0. The van der Waals surface area contributed by atoms with Crippen LogP contribution in [-0.2, 0) is 0 Å². The van der Waals surface area contributed by atoms with Crippen LogP contribution in [0.4, 0.5) is 0 Å². The van der Waals surface area contributed by atoms with Crippen molar-refractivity contribution in [2.24, 2.45) is 34.5 Å². The SMILES string of the molecule is CNC1=CC[C@H]2[C@@H]3[C@@H](NC)C[C@@H]4C[C@@H](O)C=C[C@]4(C)[C@H]3CC[C@]12C. The van der Waals surface area contributed by atoms with Crippen molar-refractivity contribution in [2.45, 2.75) is 58.1 Å². The first kappa shape index (κ1) is 16.7. The van der Waals surface area contributed by atoms with E-state index in [0.29, 0.717) is 17.4 Å². The van der Waals surface area contributed by atoms with Gasteiger partial charge in [0.15, 0.2) is 0 Å². The van der Waals surface area contributed by atoms with E-state index in [9.17, 15) is 5.11 Å². The van der Waals surface area contributed by atoms with Gasteiger partial charge in [-0.15, -0.1) is 0 Å². The Morgan fingerprint density at radius 1 is 1.17 bits per heavy atom. The molecule has 24 heavy (non-hydrogen) atoms. The van der Waals surface area contributed by atoms with Crippen LogP contribution in [-0.4, -0.2) is 31.3 Å². The van der Waals surface area contributed by atoms with Gasteiger partial charge in [-0.3, -0.25) is 0 Å². The standard InChI is InChI=1S/C21H34N2O/c1-20-9-7-14(24)11-13(20)12-17(22-3)19-15-5-6-18(23-4)21(15,2)10-8-16(19)20/h6-7,9,13-17,19,22-24H,5,8,10-12H2,1-4H3/t13-,14-,15-,16-,17-,19-,20-,21-/m0/s1. The molecular weight excluding hydrogens is 296 g/mol. The minimum atomic E-state index is -0.241. The summed E-state index contributed by atoms with van der Waals surface area (Å²) in [6, 6.07) is 0.584. The maximum absolute atomic E-state index is 10.2. The maximum Gasteiger partial charge on any atom is 0.0724 e. The van der Waals surface area contributed by atoms with Crippen molar-refractivity contribution in [3.8, 4) is 0 Å². The Kier molecular flexibility index (Phi) is 3.89. The first-order chi connectivity index (χ1) is 11.4. The van der Waals surface area contributed by atoms with Gasteiger partial charge in [0.05, 0.1) is 6.10 Å². The fraction of sp³-hybridized carbons (Fsp3) is 0.810. The van der Waals surface area contributed by atoms with Crippen molar-refractivity contribution in [3.63, 3.8) is 0 Å². The third-order valence-electron chi connectivity index (χ3n) is 8.44. The molecule has 0 aromatic heterocycles. The van der Waals surface area contributed by atoms with Crippen LogP contribution in [0.15, 0.2) is 23.9 Å². The summed E-state index contributed by atoms with van der Waals surface area (Å²) in [6.07, 6.45) is 12.7. The number of nitrogens with one attached hydrogen (secondary N) is 2. The average molecular weight is 331 g/mol. The van der Waals surface area contributed by atoms with Crippen molar-refractivity contribution >= 4 is 0 Å². The fourth-order valence-electron chi connectivity index (χ4n) is 7.07. The molecular formula is C21H34N2O. The minimum absolute atomic E-state index is 0.241. The Labute approximate surface area is 147 Å². The lowest BCUT2D eigenvalue weighted by atomic mass is 9.45. The summed E-state index contributed by atoms with van der Waals surface area (Å²) in [5, 5.41) is 17.3. The summed E-state index contributed by atoms with van der Waals surface area (Å²) in [7, 11) is 4.23. The van der Waals surface area contributed by atoms with Crippen molar-refractivity contribution in [1.82, 2.24) is 10.6 Å². The Morgan fingerprint density at radius 3 is 2.67 bits per heavy atom. The van der Waals surface area contributed by atoms with Crippen LogP contribution in [0.5, 0.6) is 0 Å². The molecule has 0 aromatic carbocycles. The van der Waals surface area contributed by atoms with Crippen molar-refractivity contribution in [2.75, 3.05) is 14.1 Å². The normalized spacial score (nSPS) is 53.0. The van der Waals surface area contributed by atoms with Crippen molar-refractivity contribution < 1.29 is 5.11 Å². The Hall–Kier alpha value is -0.800. The molecule has 0 aliphatic heterocycles. The summed E-state index contributed by atoms with van der Waals surface area (Å²) in [5.74, 6) is 2.82. The minimum Gasteiger partial charge on any atom is -0.391 e. The van der Waals surface area contributed by atoms with E-state index in [1.54, 1.807) is 0 Å². The second-order valence-electron chi connectivity index (χ2n) is 9.21. The molecule has 2 fully saturated rings. The summed E-state index contributed by atoms with van der Waals surface area (Å²) in [5.41, 5.74) is 2.07. The number of allylic oxidation sites excluding steroid dienone is 3. The van der Waals surface area contributed by atoms with E-state index in [0.717, 1.165) is 24.2 Å². The predicted molar refractivity (Wildman–Crippen MR) is 98.4 cm³/mol. The predicted octanol–water partition coefficient (Wildman–Crippen LogP) is 3.08. The van der Waals surface area contributed by atoms with Crippen LogP contribution in [0.1, 0.15) is 46.0 Å². The molecule has 3 N–H and O–H groups in total. The zero-order valence-electron chi connectivity index (χ0n) is 15.7. The first-order valence-corrected chi connectivity index (χ1v) is 9.87. The highest BCUT2D eigenvalue weighted by Gasteiger charge is 2.60. The quantitative estimate of drug-likeness (QED) is 0.682. The van der Waals surface area contributed by atoms with Gasteiger partial charge in [-0.05, 0) is 68.2 Å². The molecule has 0 saturated heterocycles. The average Bonchev–Trinajstić information content (AvgIpc) is 2.91. The third-order valence-corrected chi connectivity index (χ3v) is 8.44. The van der Waals surface area contributed by atoms with E-state index in [1.807, 2.05) is 0 Å². The van der Waals surface area contributed by atoms with Gasteiger partial charge in [0.1, 0.15) is 0 Å². The van der Waals surface area contributed by atoms with Crippen LogP contribution in [0.3, 0.4) is 0 Å². The van der Waals surface area contributed by atoms with Crippen LogP contribution in [0, 0.1) is 34.5 Å². The van der Waals surface area contributed by atoms with E-state index in [-0.39, 0.29) is 11.5 Å². The molecule has 4 aliphatic rings. The molecule has 2 saturated carbocycles. The molecule has 0 heterocycles. The molecule has 4 rings (SSSR count). The largest absolute Gasteiger partial charge is 0.391 e. The maximum atomic E-state index is 10.2. The molecule has 0 amide bonds. The van der Waals surface area contributed by atoms with Crippen molar-refractivity contribution in [3.05, 3.63) is 23.9 Å². The van der Waals surface area contributed by atoms with E-state index in [1.165, 1.54) is 31.4 Å². The lowest BCUT2D eigenvalue weighted by Crippen LogP contribution is -2.60. The number of aliphatic hydroxyl groups is 1. The van der Waals surface area contributed by atoms with Gasteiger partial charge in [0, 0.05) is 24.2 Å². The Balaban J connectivity index is 1.72. The van der Waals surface area contributed by atoms with Gasteiger partial charge in [0.25, 0.3) is 0 Å². The van der Waals surface area contributed by atoms with E-state index >= 15 is 0 Å². The molecule has 4 aliphatic carbocycles. The van der Waals surface area contributed by atoms with Gasteiger partial charge in [-0.1, -0.05) is 32.1 Å². The van der Waals surface area contributed by atoms with Gasteiger partial charge in [-0.2, -0.15) is 0 Å². The first-order valence-electron chi connectivity index (χ1n) is 9.87. The molecule has 8 atom stereocenters. The van der Waals surface area contributed by atoms with Crippen LogP contribution < -0.4 is 10.6 Å². The number of aliphatic hydroxyl groups excluding tert-OH is 1. The Bertz CT molecular complexity index is 570. The number of hydrogen-bond donors (Lipinski definition) is 3. The lowest BCUT2D eigenvalue weighted by Gasteiger charge is -2.61.